The highest BCUT2D eigenvalue weighted by atomic mass is 32.1. The lowest BCUT2D eigenvalue weighted by Gasteiger charge is -2.11. The fourth-order valence-corrected chi connectivity index (χ4v) is 3.03. The topological polar surface area (TPSA) is 45.2 Å². The Hall–Kier alpha value is -2.66. The third kappa shape index (κ3) is 3.76. The van der Waals surface area contributed by atoms with Crippen LogP contribution in [0.5, 0.6) is 0 Å². The van der Waals surface area contributed by atoms with Gasteiger partial charge in [-0.3, -0.25) is 10.1 Å². The van der Waals surface area contributed by atoms with Crippen molar-refractivity contribution in [3.8, 4) is 0 Å². The van der Waals surface area contributed by atoms with Crippen LogP contribution in [-0.2, 0) is 4.79 Å². The molecule has 0 radical (unpaired) electrons. The molecule has 0 unspecified atom stereocenters. The van der Waals surface area contributed by atoms with E-state index in [0.29, 0.717) is 5.13 Å². The van der Waals surface area contributed by atoms with Crippen LogP contribution in [0.2, 0.25) is 0 Å². The number of rotatable bonds is 4. The smallest absolute Gasteiger partial charge is 0.250 e. The van der Waals surface area contributed by atoms with Crippen LogP contribution in [0.3, 0.4) is 0 Å². The number of amides is 1. The van der Waals surface area contributed by atoms with Crippen molar-refractivity contribution in [1.29, 1.82) is 0 Å². The van der Waals surface area contributed by atoms with Crippen LogP contribution in [0.25, 0.3) is 16.3 Å². The van der Waals surface area contributed by atoms with Crippen molar-refractivity contribution in [2.75, 3.05) is 24.3 Å². The van der Waals surface area contributed by atoms with E-state index < -0.39 is 0 Å². The van der Waals surface area contributed by atoms with E-state index in [4.69, 9.17) is 0 Å². The van der Waals surface area contributed by atoms with Gasteiger partial charge in [-0.2, -0.15) is 0 Å². The van der Waals surface area contributed by atoms with Gasteiger partial charge >= 0.3 is 0 Å². The molecule has 0 atom stereocenters. The lowest BCUT2D eigenvalue weighted by molar-refractivity contribution is -0.111. The van der Waals surface area contributed by atoms with Gasteiger partial charge in [0.1, 0.15) is 0 Å². The zero-order chi connectivity index (χ0) is 16.2. The predicted molar refractivity (Wildman–Crippen MR) is 98.1 cm³/mol. The fraction of sp³-hybridized carbons (Fsp3) is 0.111. The standard InChI is InChI=1S/C18H17N3OS/c1-21(2)14-9-10-15-16(12-14)23-18(19-15)20-17(22)11-8-13-6-4-3-5-7-13/h3-12H,1-2H3,(H,19,20,22)/b11-8+. The molecular formula is C18H17N3OS. The summed E-state index contributed by atoms with van der Waals surface area (Å²) in [5, 5.41) is 3.43. The Morgan fingerprint density at radius 3 is 2.70 bits per heavy atom. The molecule has 0 bridgehead atoms. The molecule has 0 aliphatic carbocycles. The van der Waals surface area contributed by atoms with Crippen LogP contribution in [0.1, 0.15) is 5.56 Å². The number of benzene rings is 2. The molecule has 4 nitrogen and oxygen atoms in total. The van der Waals surface area contributed by atoms with E-state index in [-0.39, 0.29) is 5.91 Å². The van der Waals surface area contributed by atoms with E-state index in [9.17, 15) is 4.79 Å². The maximum absolute atomic E-state index is 12.0. The number of nitrogens with zero attached hydrogens (tertiary/aromatic N) is 2. The van der Waals surface area contributed by atoms with Crippen molar-refractivity contribution in [3.05, 3.63) is 60.2 Å². The molecule has 5 heteroatoms. The molecular weight excluding hydrogens is 306 g/mol. The number of anilines is 2. The Labute approximate surface area is 139 Å². The summed E-state index contributed by atoms with van der Waals surface area (Å²) in [6.45, 7) is 0. The van der Waals surface area contributed by atoms with Gasteiger partial charge in [-0.15, -0.1) is 0 Å². The molecule has 0 saturated heterocycles. The second-order valence-corrected chi connectivity index (χ2v) is 6.33. The molecule has 0 saturated carbocycles. The molecule has 0 spiro atoms. The first kappa shape index (κ1) is 15.2. The van der Waals surface area contributed by atoms with Crippen molar-refractivity contribution < 1.29 is 4.79 Å². The average Bonchev–Trinajstić information content (AvgIpc) is 2.95. The van der Waals surface area contributed by atoms with E-state index in [1.54, 1.807) is 6.08 Å². The Balaban J connectivity index is 1.73. The highest BCUT2D eigenvalue weighted by molar-refractivity contribution is 7.22. The number of nitrogens with one attached hydrogen (secondary N) is 1. The Kier molecular flexibility index (Phi) is 4.39. The second-order valence-electron chi connectivity index (χ2n) is 5.30. The summed E-state index contributed by atoms with van der Waals surface area (Å²) in [7, 11) is 4.00. The molecule has 0 aliphatic heterocycles. The van der Waals surface area contributed by atoms with Crippen molar-refractivity contribution >= 4 is 44.4 Å². The van der Waals surface area contributed by atoms with E-state index >= 15 is 0 Å². The van der Waals surface area contributed by atoms with Gasteiger partial charge in [0.2, 0.25) is 5.91 Å². The number of aromatic nitrogens is 1. The minimum absolute atomic E-state index is 0.180. The summed E-state index contributed by atoms with van der Waals surface area (Å²) >= 11 is 1.48. The number of hydrogen-bond acceptors (Lipinski definition) is 4. The molecule has 1 heterocycles. The molecule has 0 fully saturated rings. The van der Waals surface area contributed by atoms with Crippen molar-refractivity contribution in [3.63, 3.8) is 0 Å². The number of thiazole rings is 1. The molecule has 3 rings (SSSR count). The second kappa shape index (κ2) is 6.62. The molecule has 116 valence electrons. The summed E-state index contributed by atoms with van der Waals surface area (Å²) < 4.78 is 1.05. The first-order chi connectivity index (χ1) is 11.1. The third-order valence-electron chi connectivity index (χ3n) is 3.35. The van der Waals surface area contributed by atoms with Gasteiger partial charge in [0.15, 0.2) is 5.13 Å². The molecule has 2 aromatic carbocycles. The molecule has 0 aliphatic rings. The summed E-state index contributed by atoms with van der Waals surface area (Å²) in [4.78, 5) is 18.5. The normalized spacial score (nSPS) is 11.0. The highest BCUT2D eigenvalue weighted by Crippen LogP contribution is 2.29. The van der Waals surface area contributed by atoms with Gasteiger partial charge in [0, 0.05) is 25.9 Å². The number of hydrogen-bond donors (Lipinski definition) is 1. The summed E-state index contributed by atoms with van der Waals surface area (Å²) in [6, 6.07) is 15.8. The zero-order valence-corrected chi connectivity index (χ0v) is 13.8. The molecule has 1 aromatic heterocycles. The average molecular weight is 323 g/mol. The van der Waals surface area contributed by atoms with Gasteiger partial charge in [0.05, 0.1) is 10.2 Å². The third-order valence-corrected chi connectivity index (χ3v) is 4.28. The van der Waals surface area contributed by atoms with Crippen LogP contribution < -0.4 is 10.2 Å². The SMILES string of the molecule is CN(C)c1ccc2nc(NC(=O)/C=C/c3ccccc3)sc2c1. The van der Waals surface area contributed by atoms with Crippen molar-refractivity contribution in [2.45, 2.75) is 0 Å². The Bertz CT molecular complexity index is 853. The maximum atomic E-state index is 12.0. The minimum Gasteiger partial charge on any atom is -0.378 e. The van der Waals surface area contributed by atoms with Crippen LogP contribution in [0.4, 0.5) is 10.8 Å². The molecule has 1 N–H and O–H groups in total. The number of carbonyl (C=O) groups is 1. The van der Waals surface area contributed by atoms with Crippen LogP contribution in [0, 0.1) is 0 Å². The lowest BCUT2D eigenvalue weighted by atomic mass is 10.2. The van der Waals surface area contributed by atoms with Gasteiger partial charge in [-0.1, -0.05) is 41.7 Å². The van der Waals surface area contributed by atoms with E-state index in [1.807, 2.05) is 61.5 Å². The van der Waals surface area contributed by atoms with E-state index in [2.05, 4.69) is 16.4 Å². The lowest BCUT2D eigenvalue weighted by Crippen LogP contribution is -2.07. The van der Waals surface area contributed by atoms with E-state index in [1.165, 1.54) is 17.4 Å². The fourth-order valence-electron chi connectivity index (χ4n) is 2.13. The van der Waals surface area contributed by atoms with Crippen LogP contribution in [0.15, 0.2) is 54.6 Å². The monoisotopic (exact) mass is 323 g/mol. The first-order valence-electron chi connectivity index (χ1n) is 7.24. The van der Waals surface area contributed by atoms with Gasteiger partial charge < -0.3 is 4.90 Å². The molecule has 1 amide bonds. The first-order valence-corrected chi connectivity index (χ1v) is 8.05. The number of carbonyl (C=O) groups excluding carboxylic acids is 1. The van der Waals surface area contributed by atoms with Gasteiger partial charge in [-0.05, 0) is 29.8 Å². The highest BCUT2D eigenvalue weighted by Gasteiger charge is 2.07. The Morgan fingerprint density at radius 2 is 1.96 bits per heavy atom. The largest absolute Gasteiger partial charge is 0.378 e. The maximum Gasteiger partial charge on any atom is 0.250 e. The van der Waals surface area contributed by atoms with Crippen LogP contribution in [-0.4, -0.2) is 25.0 Å². The van der Waals surface area contributed by atoms with Gasteiger partial charge in [-0.25, -0.2) is 4.98 Å². The summed E-state index contributed by atoms with van der Waals surface area (Å²) in [5.41, 5.74) is 2.99. The van der Waals surface area contributed by atoms with Gasteiger partial charge in [0.25, 0.3) is 0 Å². The molecule has 3 aromatic rings. The summed E-state index contributed by atoms with van der Waals surface area (Å²) in [5.74, 6) is -0.180. The van der Waals surface area contributed by atoms with E-state index in [0.717, 1.165) is 21.5 Å². The zero-order valence-electron chi connectivity index (χ0n) is 13.0. The van der Waals surface area contributed by atoms with Crippen molar-refractivity contribution in [1.82, 2.24) is 4.98 Å². The summed E-state index contributed by atoms with van der Waals surface area (Å²) in [6.07, 6.45) is 3.31. The molecule has 23 heavy (non-hydrogen) atoms. The quantitative estimate of drug-likeness (QED) is 0.738. The Morgan fingerprint density at radius 1 is 1.17 bits per heavy atom. The predicted octanol–water partition coefficient (Wildman–Crippen LogP) is 4.01. The van der Waals surface area contributed by atoms with Crippen LogP contribution >= 0.6 is 11.3 Å². The minimum atomic E-state index is -0.180. The van der Waals surface area contributed by atoms with Crippen molar-refractivity contribution in [2.24, 2.45) is 0 Å². The number of fused-ring (bicyclic) bond motifs is 1.